The Bertz CT molecular complexity index is 2000. The van der Waals surface area contributed by atoms with Crippen LogP contribution in [-0.2, 0) is 37.9 Å². The number of fused-ring (bicyclic) bond motifs is 7. The average molecular weight is 972 g/mol. The van der Waals surface area contributed by atoms with Gasteiger partial charge in [0.25, 0.3) is 5.91 Å². The van der Waals surface area contributed by atoms with Gasteiger partial charge < -0.3 is 79.0 Å². The maximum absolute atomic E-state index is 13.4. The van der Waals surface area contributed by atoms with E-state index in [1.807, 2.05) is 0 Å². The lowest BCUT2D eigenvalue weighted by atomic mass is 9.47. The first-order chi connectivity index (χ1) is 32.8. The lowest BCUT2D eigenvalue weighted by molar-refractivity contribution is -0.386. The molecule has 26 atom stereocenters. The second-order valence-corrected chi connectivity index (χ2v) is 23.0. The Kier molecular flexibility index (Phi) is 14.1. The van der Waals surface area contributed by atoms with Crippen LogP contribution in [0.15, 0.2) is 42.0 Å². The number of hydrogen-bond acceptors (Lipinski definition) is 16. The molecule has 0 unspecified atom stereocenters. The van der Waals surface area contributed by atoms with Crippen LogP contribution in [0.5, 0.6) is 0 Å². The predicted molar refractivity (Wildman–Crippen MR) is 244 cm³/mol. The Labute approximate surface area is 405 Å². The molecule has 3 saturated carbocycles. The number of hydrogen-bond donors (Lipinski definition) is 8. The third-order valence-electron chi connectivity index (χ3n) is 19.0. The van der Waals surface area contributed by atoms with Gasteiger partial charge in [0.1, 0.15) is 61.0 Å². The van der Waals surface area contributed by atoms with Gasteiger partial charge in [-0.1, -0.05) is 57.5 Å². The minimum atomic E-state index is -1.74. The van der Waals surface area contributed by atoms with E-state index in [1.165, 1.54) is 19.4 Å². The molecule has 5 aliphatic heterocycles. The number of aliphatic hydroxyl groups is 7. The summed E-state index contributed by atoms with van der Waals surface area (Å²) in [6.07, 6.45) is -10.9. The number of carbonyl (C=O) groups is 1. The monoisotopic (exact) mass is 972 g/mol. The number of allylic oxidation sites excluding steroid dienone is 1. The van der Waals surface area contributed by atoms with Gasteiger partial charge in [0.2, 0.25) is 0 Å². The molecule has 10 rings (SSSR count). The molecular formula is C52H77NO16. The number of carbonyl (C=O) groups excluding carboxylic acids is 1. The first kappa shape index (κ1) is 50.4. The SMILES string of the molecule is C[C@@H]1CC[C@@]2(OC1)O[C@H]1C[C@H]3[C@@H]4CC=C5C[C@@H](O[C@@H]6O[C@H](CNC(=O)c7ccccc7)[C@@H](O[C@H]7O[C@H](C)[C@@H](O)[C@H](O)[C@@H]7O)[C@H](O)[C@H]6O[C@H]6O[C@H](C)[C@@H](O)[C@H](O)[C@@H]6O)CC[C@]5(C)[C@H]4CC[C@]3(C)[C@H]1[C@@H]2C. The highest BCUT2D eigenvalue weighted by Crippen LogP contribution is 2.70. The van der Waals surface area contributed by atoms with Crippen molar-refractivity contribution in [2.45, 2.75) is 209 Å². The highest BCUT2D eigenvalue weighted by Gasteiger charge is 2.69. The van der Waals surface area contributed by atoms with Crippen molar-refractivity contribution in [1.29, 1.82) is 0 Å². The van der Waals surface area contributed by atoms with Gasteiger partial charge in [0, 0.05) is 24.4 Å². The molecule has 5 heterocycles. The van der Waals surface area contributed by atoms with Crippen LogP contribution in [-0.4, -0.2) is 165 Å². The van der Waals surface area contributed by atoms with Gasteiger partial charge in [0.05, 0.1) is 31.0 Å². The van der Waals surface area contributed by atoms with Crippen molar-refractivity contribution in [1.82, 2.24) is 5.32 Å². The smallest absolute Gasteiger partial charge is 0.251 e. The second-order valence-electron chi connectivity index (χ2n) is 23.0. The quantitative estimate of drug-likeness (QED) is 0.166. The topological polar surface area (TPSA) is 245 Å². The van der Waals surface area contributed by atoms with Crippen LogP contribution >= 0.6 is 0 Å². The summed E-state index contributed by atoms with van der Waals surface area (Å²) in [5.74, 6) is 2.09. The van der Waals surface area contributed by atoms with Crippen LogP contribution < -0.4 is 5.32 Å². The van der Waals surface area contributed by atoms with Gasteiger partial charge >= 0.3 is 0 Å². The van der Waals surface area contributed by atoms with E-state index in [4.69, 9.17) is 37.9 Å². The second kappa shape index (κ2) is 19.3. The Morgan fingerprint density at radius 3 is 2.04 bits per heavy atom. The third kappa shape index (κ3) is 8.77. The Balaban J connectivity index is 0.894. The molecule has 1 spiro atoms. The minimum absolute atomic E-state index is 0.0482. The fourth-order valence-electron chi connectivity index (χ4n) is 14.9. The minimum Gasteiger partial charge on any atom is -0.388 e. The summed E-state index contributed by atoms with van der Waals surface area (Å²) < 4.78 is 51.4. The zero-order valence-corrected chi connectivity index (χ0v) is 40.8. The van der Waals surface area contributed by atoms with E-state index >= 15 is 0 Å². The van der Waals surface area contributed by atoms with E-state index in [0.717, 1.165) is 51.6 Å². The summed E-state index contributed by atoms with van der Waals surface area (Å²) >= 11 is 0. The number of nitrogens with one attached hydrogen (secondary N) is 1. The fraction of sp³-hybridized carbons (Fsp3) is 0.827. The summed E-state index contributed by atoms with van der Waals surface area (Å²) in [6, 6.07) is 8.55. The Hall–Kier alpha value is -2.17. The average Bonchev–Trinajstić information content (AvgIpc) is 3.79. The van der Waals surface area contributed by atoms with E-state index in [1.54, 1.807) is 30.3 Å². The number of amides is 1. The van der Waals surface area contributed by atoms with Gasteiger partial charge in [0.15, 0.2) is 24.7 Å². The van der Waals surface area contributed by atoms with Crippen LogP contribution in [0.2, 0.25) is 0 Å². The molecule has 4 aliphatic carbocycles. The maximum atomic E-state index is 13.4. The molecule has 69 heavy (non-hydrogen) atoms. The maximum Gasteiger partial charge on any atom is 0.251 e. The first-order valence-corrected chi connectivity index (χ1v) is 25.9. The fourth-order valence-corrected chi connectivity index (χ4v) is 14.9. The number of aliphatic hydroxyl groups excluding tert-OH is 7. The van der Waals surface area contributed by atoms with Crippen molar-refractivity contribution in [2.24, 2.45) is 46.3 Å². The lowest BCUT2D eigenvalue weighted by Gasteiger charge is -2.59. The van der Waals surface area contributed by atoms with Crippen molar-refractivity contribution in [2.75, 3.05) is 13.2 Å². The van der Waals surface area contributed by atoms with E-state index in [9.17, 15) is 40.5 Å². The molecule has 0 aromatic heterocycles. The Morgan fingerprint density at radius 1 is 0.725 bits per heavy atom. The molecule has 386 valence electrons. The van der Waals surface area contributed by atoms with Gasteiger partial charge in [-0.05, 0) is 118 Å². The number of benzene rings is 1. The van der Waals surface area contributed by atoms with Crippen LogP contribution in [0.25, 0.3) is 0 Å². The predicted octanol–water partition coefficient (Wildman–Crippen LogP) is 2.68. The van der Waals surface area contributed by atoms with Crippen LogP contribution in [0, 0.1) is 46.3 Å². The Morgan fingerprint density at radius 2 is 1.39 bits per heavy atom. The van der Waals surface area contributed by atoms with Crippen molar-refractivity contribution >= 4 is 5.91 Å². The zero-order chi connectivity index (χ0) is 48.9. The zero-order valence-electron chi connectivity index (χ0n) is 40.8. The normalized spacial score (nSPS) is 52.8. The molecule has 1 aromatic rings. The highest BCUT2D eigenvalue weighted by molar-refractivity contribution is 5.94. The van der Waals surface area contributed by atoms with Crippen molar-refractivity contribution in [3.05, 3.63) is 47.5 Å². The molecule has 17 nitrogen and oxygen atoms in total. The largest absolute Gasteiger partial charge is 0.388 e. The van der Waals surface area contributed by atoms with E-state index in [-0.39, 0.29) is 23.5 Å². The van der Waals surface area contributed by atoms with Gasteiger partial charge in [-0.3, -0.25) is 4.79 Å². The molecule has 9 aliphatic rings. The van der Waals surface area contributed by atoms with Crippen LogP contribution in [0.4, 0.5) is 0 Å². The van der Waals surface area contributed by atoms with E-state index in [0.29, 0.717) is 53.9 Å². The molecule has 0 radical (unpaired) electrons. The standard InChI is InChI=1S/C52H77NO16/c1-24-14-19-52(62-23-24)25(2)36-34(69-52)21-33-31-13-12-29-20-30(15-17-50(29,5)32(31)16-18-51(33,36)6)65-49-45(68-48-42(59)40(57)38(55)27(4)64-48)43(60)44(67-47-41(58)39(56)37(54)26(3)63-47)35(66-49)22-53-46(61)28-10-8-7-9-11-28/h7-12,24-27,30-45,47-49,54-60H,13-23H2,1-6H3,(H,53,61)/t24-,25+,26-,27-,30+,31-,32+,33+,34+,35-,36+,37-,38-,39+,40+,41+,42+,43+,44-,45-,47-,48-,49-,50+,51+,52-/m1/s1. The van der Waals surface area contributed by atoms with Crippen LogP contribution in [0.1, 0.15) is 110 Å². The molecule has 8 N–H and O–H groups in total. The third-order valence-corrected chi connectivity index (χ3v) is 19.0. The summed E-state index contributed by atoms with van der Waals surface area (Å²) in [4.78, 5) is 13.4. The highest BCUT2D eigenvalue weighted by atomic mass is 16.8. The van der Waals surface area contributed by atoms with Crippen molar-refractivity contribution < 1.29 is 78.4 Å². The molecule has 1 amide bonds. The number of ether oxygens (including phenoxy) is 8. The molecule has 5 saturated heterocycles. The van der Waals surface area contributed by atoms with Crippen LogP contribution in [0.3, 0.4) is 0 Å². The molecule has 1 aromatic carbocycles. The molecule has 8 fully saturated rings. The van der Waals surface area contributed by atoms with Crippen molar-refractivity contribution in [3.8, 4) is 0 Å². The summed E-state index contributed by atoms with van der Waals surface area (Å²) in [6.45, 7) is 13.2. The summed E-state index contributed by atoms with van der Waals surface area (Å²) in [5.41, 5.74) is 1.85. The van der Waals surface area contributed by atoms with Crippen molar-refractivity contribution in [3.63, 3.8) is 0 Å². The van der Waals surface area contributed by atoms with E-state index in [2.05, 4.69) is 39.1 Å². The van der Waals surface area contributed by atoms with Gasteiger partial charge in [-0.15, -0.1) is 0 Å². The van der Waals surface area contributed by atoms with Gasteiger partial charge in [-0.2, -0.15) is 0 Å². The molecule has 17 heteroatoms. The summed E-state index contributed by atoms with van der Waals surface area (Å²) in [7, 11) is 0. The lowest BCUT2D eigenvalue weighted by Crippen LogP contribution is -2.67. The first-order valence-electron chi connectivity index (χ1n) is 25.9. The van der Waals surface area contributed by atoms with Gasteiger partial charge in [-0.25, -0.2) is 0 Å². The van der Waals surface area contributed by atoms with E-state index < -0.39 is 110 Å². The summed E-state index contributed by atoms with van der Waals surface area (Å²) in [5, 5.41) is 79.9. The molecular weight excluding hydrogens is 895 g/mol. The molecule has 0 bridgehead atoms. The number of rotatable bonds is 9.